The topological polar surface area (TPSA) is 142 Å². The van der Waals surface area contributed by atoms with Gasteiger partial charge in [-0.25, -0.2) is 4.98 Å². The lowest BCUT2D eigenvalue weighted by Crippen LogP contribution is -2.26. The van der Waals surface area contributed by atoms with Crippen LogP contribution in [0.5, 0.6) is 0 Å². The lowest BCUT2D eigenvalue weighted by molar-refractivity contribution is -0.122. The van der Waals surface area contributed by atoms with Crippen LogP contribution in [0.2, 0.25) is 0 Å². The summed E-state index contributed by atoms with van der Waals surface area (Å²) in [4.78, 5) is 38.6. The molecule has 0 aromatic carbocycles. The first-order valence-electron chi connectivity index (χ1n) is 12.9. The molecule has 40 heavy (non-hydrogen) atoms. The summed E-state index contributed by atoms with van der Waals surface area (Å²) in [6, 6.07) is 9.59. The third-order valence-corrected chi connectivity index (χ3v) is 7.52. The van der Waals surface area contributed by atoms with Gasteiger partial charge < -0.3 is 16.0 Å². The van der Waals surface area contributed by atoms with Crippen molar-refractivity contribution in [3.8, 4) is 21.8 Å². The lowest BCUT2D eigenvalue weighted by atomic mass is 9.92. The second kappa shape index (κ2) is 10.5. The Morgan fingerprint density at radius 2 is 1.90 bits per heavy atom. The molecule has 0 atom stereocenters. The van der Waals surface area contributed by atoms with Gasteiger partial charge in [0.05, 0.1) is 33.5 Å². The van der Waals surface area contributed by atoms with Crippen molar-refractivity contribution >= 4 is 50.5 Å². The lowest BCUT2D eigenvalue weighted by Gasteiger charge is -2.17. The normalized spacial score (nSPS) is 12.8. The third-order valence-electron chi connectivity index (χ3n) is 6.30. The van der Waals surface area contributed by atoms with Crippen LogP contribution in [-0.4, -0.2) is 36.8 Å². The number of carbonyl (C=O) groups excluding carboxylic acids is 2. The van der Waals surface area contributed by atoms with Gasteiger partial charge in [-0.05, 0) is 55.7 Å². The number of thiophene rings is 1. The average Bonchev–Trinajstić information content (AvgIpc) is 3.63. The van der Waals surface area contributed by atoms with E-state index in [-0.39, 0.29) is 17.1 Å². The molecule has 0 fully saturated rings. The number of allylic oxidation sites excluding steroid dienone is 3. The molecule has 5 rings (SSSR count). The fraction of sp³-hybridized carbons (Fsp3) is 0.233. The van der Waals surface area contributed by atoms with Crippen molar-refractivity contribution in [2.24, 2.45) is 11.1 Å². The molecule has 0 aliphatic rings. The van der Waals surface area contributed by atoms with Gasteiger partial charge in [-0.3, -0.25) is 19.7 Å². The zero-order chi connectivity index (χ0) is 28.6. The Labute approximate surface area is 235 Å². The highest BCUT2D eigenvalue weighted by atomic mass is 32.1. The van der Waals surface area contributed by atoms with Gasteiger partial charge in [0, 0.05) is 45.9 Å². The Balaban J connectivity index is 1.49. The van der Waals surface area contributed by atoms with Crippen LogP contribution in [0.4, 0.5) is 0 Å². The van der Waals surface area contributed by atoms with Gasteiger partial charge in [-0.1, -0.05) is 20.8 Å². The molecule has 0 unspecified atom stereocenters. The van der Waals surface area contributed by atoms with Crippen LogP contribution in [-0.2, 0) is 4.79 Å². The van der Waals surface area contributed by atoms with Gasteiger partial charge in [0.2, 0.25) is 5.91 Å². The summed E-state index contributed by atoms with van der Waals surface area (Å²) in [6.07, 6.45) is 7.28. The Kier molecular flexibility index (Phi) is 7.12. The van der Waals surface area contributed by atoms with E-state index in [4.69, 9.17) is 10.7 Å². The number of nitrogens with two attached hydrogens (primary N) is 1. The molecule has 5 aromatic rings. The number of Topliss-reactive ketones (excluding diaryl/α,β-unsaturated/α-hetero) is 1. The van der Waals surface area contributed by atoms with Crippen molar-refractivity contribution in [1.82, 2.24) is 30.5 Å². The second-order valence-corrected chi connectivity index (χ2v) is 12.0. The first-order chi connectivity index (χ1) is 19.0. The highest BCUT2D eigenvalue weighted by Gasteiger charge is 2.18. The van der Waals surface area contributed by atoms with Gasteiger partial charge in [-0.2, -0.15) is 5.10 Å². The van der Waals surface area contributed by atoms with E-state index >= 15 is 0 Å². The highest BCUT2D eigenvalue weighted by molar-refractivity contribution is 7.17. The van der Waals surface area contributed by atoms with Crippen molar-refractivity contribution in [1.29, 1.82) is 0 Å². The molecule has 1 amide bonds. The number of hydrogen-bond donors (Lipinski definition) is 4. The van der Waals surface area contributed by atoms with Crippen LogP contribution in [0.15, 0.2) is 60.7 Å². The number of hydrogen-bond acceptors (Lipinski definition) is 7. The van der Waals surface area contributed by atoms with Crippen LogP contribution in [0.3, 0.4) is 0 Å². The zero-order valence-electron chi connectivity index (χ0n) is 23.0. The van der Waals surface area contributed by atoms with E-state index in [9.17, 15) is 9.59 Å². The summed E-state index contributed by atoms with van der Waals surface area (Å²) in [6.45, 7) is 9.47. The van der Waals surface area contributed by atoms with E-state index in [2.05, 4.69) is 25.5 Å². The first kappa shape index (κ1) is 27.0. The maximum Gasteiger partial charge on any atom is 0.224 e. The summed E-state index contributed by atoms with van der Waals surface area (Å²) >= 11 is 1.45. The molecule has 9 nitrogen and oxygen atoms in total. The van der Waals surface area contributed by atoms with E-state index in [1.54, 1.807) is 13.1 Å². The molecule has 10 heteroatoms. The minimum atomic E-state index is -0.109. The maximum absolute atomic E-state index is 12.4. The van der Waals surface area contributed by atoms with Crippen LogP contribution >= 0.6 is 11.3 Å². The van der Waals surface area contributed by atoms with Crippen molar-refractivity contribution < 1.29 is 9.59 Å². The van der Waals surface area contributed by atoms with Crippen LogP contribution in [0, 0.1) is 5.41 Å². The monoisotopic (exact) mass is 553 g/mol. The minimum Gasteiger partial charge on any atom is -0.404 e. The number of nitrogens with one attached hydrogen (secondary N) is 3. The molecular formula is C30H31N7O2S. The SMILES string of the molecule is CC(=O)c1ccc(-c2cncc3[nH]c(-c4n[nH]c5ccc(C(/C=C(\C)NC(=O)CC(C)(C)C)=C/N)nc45)cc23)s1. The number of amides is 1. The summed E-state index contributed by atoms with van der Waals surface area (Å²) in [5.41, 5.74) is 12.5. The van der Waals surface area contributed by atoms with Gasteiger partial charge >= 0.3 is 0 Å². The van der Waals surface area contributed by atoms with Crippen molar-refractivity contribution in [2.45, 2.75) is 41.0 Å². The summed E-state index contributed by atoms with van der Waals surface area (Å²) in [5.74, 6) is -0.00914. The Bertz CT molecular complexity index is 1810. The van der Waals surface area contributed by atoms with Gasteiger partial charge in [-0.15, -0.1) is 11.3 Å². The smallest absolute Gasteiger partial charge is 0.224 e. The molecule has 0 saturated carbocycles. The number of H-pyrrole nitrogens is 2. The Hall–Kier alpha value is -4.57. The van der Waals surface area contributed by atoms with Crippen molar-refractivity contribution in [3.63, 3.8) is 0 Å². The molecule has 0 aliphatic heterocycles. The summed E-state index contributed by atoms with van der Waals surface area (Å²) < 4.78 is 0. The van der Waals surface area contributed by atoms with E-state index in [0.717, 1.165) is 32.6 Å². The van der Waals surface area contributed by atoms with Crippen molar-refractivity contribution in [2.75, 3.05) is 0 Å². The molecule has 0 aliphatic carbocycles. The van der Waals surface area contributed by atoms with Crippen LogP contribution in [0.25, 0.3) is 49.3 Å². The molecular weight excluding hydrogens is 522 g/mol. The van der Waals surface area contributed by atoms with Crippen LogP contribution < -0.4 is 11.1 Å². The van der Waals surface area contributed by atoms with E-state index in [1.165, 1.54) is 17.5 Å². The standard InChI is InChI=1S/C30H31N7O2S/c1-16(33-27(39)12-30(3,4)5)10-18(13-31)21-6-7-22-28(35-21)29(37-36-22)23-11-19-20(14-32-15-24(19)34-23)26-9-8-25(40-26)17(2)38/h6-11,13-15,34H,12,31H2,1-5H3,(H,33,39)(H,36,37)/b16-10+,18-13+. The number of pyridine rings is 2. The number of ketones is 1. The molecule has 5 aromatic heterocycles. The first-order valence-corrected chi connectivity index (χ1v) is 13.7. The largest absolute Gasteiger partial charge is 0.404 e. The van der Waals surface area contributed by atoms with Crippen molar-refractivity contribution in [3.05, 3.63) is 71.3 Å². The predicted molar refractivity (Wildman–Crippen MR) is 160 cm³/mol. The molecule has 0 radical (unpaired) electrons. The van der Waals surface area contributed by atoms with E-state index < -0.39 is 0 Å². The fourth-order valence-corrected chi connectivity index (χ4v) is 5.44. The average molecular weight is 554 g/mol. The van der Waals surface area contributed by atoms with Gasteiger partial charge in [0.25, 0.3) is 0 Å². The number of fused-ring (bicyclic) bond motifs is 2. The fourth-order valence-electron chi connectivity index (χ4n) is 4.52. The number of rotatable bonds is 7. The molecule has 204 valence electrons. The maximum atomic E-state index is 12.4. The number of nitrogens with zero attached hydrogens (tertiary/aromatic N) is 3. The summed E-state index contributed by atoms with van der Waals surface area (Å²) in [7, 11) is 0. The molecule has 5 N–H and O–H groups in total. The molecule has 0 bridgehead atoms. The summed E-state index contributed by atoms with van der Waals surface area (Å²) in [5, 5.41) is 11.5. The number of aromatic nitrogens is 5. The minimum absolute atomic E-state index is 0.0410. The number of aromatic amines is 2. The van der Waals surface area contributed by atoms with E-state index in [1.807, 2.05) is 70.3 Å². The van der Waals surface area contributed by atoms with E-state index in [0.29, 0.717) is 39.5 Å². The van der Waals surface area contributed by atoms with Gasteiger partial charge in [0.15, 0.2) is 5.78 Å². The molecule has 0 spiro atoms. The quantitative estimate of drug-likeness (QED) is 0.140. The van der Waals surface area contributed by atoms with Gasteiger partial charge in [0.1, 0.15) is 11.2 Å². The molecule has 0 saturated heterocycles. The highest BCUT2D eigenvalue weighted by Crippen LogP contribution is 2.36. The second-order valence-electron chi connectivity index (χ2n) is 11.0. The number of carbonyl (C=O) groups is 2. The predicted octanol–water partition coefficient (Wildman–Crippen LogP) is 6.19. The Morgan fingerprint density at radius 3 is 2.60 bits per heavy atom. The van der Waals surface area contributed by atoms with Crippen LogP contribution in [0.1, 0.15) is 56.4 Å². The third kappa shape index (κ3) is 5.57. The molecule has 5 heterocycles. The zero-order valence-corrected chi connectivity index (χ0v) is 23.9. The Morgan fingerprint density at radius 1 is 1.10 bits per heavy atom.